The summed E-state index contributed by atoms with van der Waals surface area (Å²) in [5.74, 6) is 0.910. The number of rotatable bonds is 11. The van der Waals surface area contributed by atoms with E-state index in [1.165, 1.54) is 42.3 Å². The zero-order valence-corrected chi connectivity index (χ0v) is 26.4. The van der Waals surface area contributed by atoms with E-state index in [1.807, 2.05) is 6.92 Å². The number of esters is 1. The maximum absolute atomic E-state index is 14.1. The summed E-state index contributed by atoms with van der Waals surface area (Å²) < 4.78 is 43.9. The fraction of sp³-hybridized carbons (Fsp3) is 0.265. The number of aromatic nitrogens is 1. The summed E-state index contributed by atoms with van der Waals surface area (Å²) >= 11 is 1.20. The van der Waals surface area contributed by atoms with Crippen molar-refractivity contribution in [1.82, 2.24) is 4.57 Å². The Bertz CT molecular complexity index is 1950. The first kappa shape index (κ1) is 31.5. The smallest absolute Gasteiger partial charge is 0.338 e. The van der Waals surface area contributed by atoms with Crippen molar-refractivity contribution in [3.05, 3.63) is 114 Å². The van der Waals surface area contributed by atoms with Crippen LogP contribution >= 0.6 is 11.3 Å². The molecule has 0 N–H and O–H groups in total. The van der Waals surface area contributed by atoms with E-state index in [4.69, 9.17) is 23.7 Å². The van der Waals surface area contributed by atoms with Gasteiger partial charge in [-0.1, -0.05) is 41.7 Å². The standard InChI is InChI=1S/C34H33FN2O7S/c1-6-42-31-24(12-9-13-26(31)40-4)30-29(33(39)43-7-2)20(3)36-34-37(30)32(38)28(45-34)18-21-14-15-25(27(17-21)41-5)44-19-22-10-8-11-23(35)16-22/h8-18,30H,6-7,19H2,1-5H3/t30-/m1/s1. The monoisotopic (exact) mass is 632 g/mol. The first-order valence-electron chi connectivity index (χ1n) is 14.3. The molecule has 45 heavy (non-hydrogen) atoms. The molecule has 9 nitrogen and oxygen atoms in total. The largest absolute Gasteiger partial charge is 0.493 e. The molecule has 1 aromatic heterocycles. The summed E-state index contributed by atoms with van der Waals surface area (Å²) in [6.45, 7) is 5.96. The summed E-state index contributed by atoms with van der Waals surface area (Å²) in [5, 5.41) is 0. The van der Waals surface area contributed by atoms with E-state index in [0.717, 1.165) is 0 Å². The number of hydrogen-bond acceptors (Lipinski definition) is 9. The number of nitrogens with zero attached hydrogens (tertiary/aromatic N) is 2. The third-order valence-electron chi connectivity index (χ3n) is 7.10. The van der Waals surface area contributed by atoms with E-state index in [2.05, 4.69) is 4.99 Å². The van der Waals surface area contributed by atoms with Crippen molar-refractivity contribution >= 4 is 23.4 Å². The number of hydrogen-bond donors (Lipinski definition) is 0. The van der Waals surface area contributed by atoms with Crippen LogP contribution in [0.3, 0.4) is 0 Å². The normalized spacial score (nSPS) is 14.4. The van der Waals surface area contributed by atoms with E-state index in [-0.39, 0.29) is 30.2 Å². The molecule has 0 amide bonds. The van der Waals surface area contributed by atoms with Gasteiger partial charge in [-0.3, -0.25) is 9.36 Å². The first-order valence-corrected chi connectivity index (χ1v) is 15.2. The van der Waals surface area contributed by atoms with Gasteiger partial charge in [0.15, 0.2) is 27.8 Å². The summed E-state index contributed by atoms with van der Waals surface area (Å²) in [6.07, 6.45) is 1.73. The van der Waals surface area contributed by atoms with E-state index < -0.39 is 12.0 Å². The van der Waals surface area contributed by atoms with Crippen LogP contribution in [0.1, 0.15) is 43.5 Å². The van der Waals surface area contributed by atoms with Gasteiger partial charge >= 0.3 is 5.97 Å². The van der Waals surface area contributed by atoms with Gasteiger partial charge in [-0.25, -0.2) is 14.2 Å². The Labute approximate surface area is 263 Å². The van der Waals surface area contributed by atoms with Crippen LogP contribution in [0.5, 0.6) is 23.0 Å². The maximum atomic E-state index is 14.1. The summed E-state index contributed by atoms with van der Waals surface area (Å²) in [7, 11) is 3.05. The Kier molecular flexibility index (Phi) is 9.68. The molecule has 3 aromatic carbocycles. The van der Waals surface area contributed by atoms with Gasteiger partial charge in [0.25, 0.3) is 5.56 Å². The second kappa shape index (κ2) is 13.8. The zero-order chi connectivity index (χ0) is 32.1. The summed E-state index contributed by atoms with van der Waals surface area (Å²) in [6, 6.07) is 15.9. The van der Waals surface area contributed by atoms with Crippen molar-refractivity contribution in [3.63, 3.8) is 0 Å². The molecule has 1 aliphatic rings. The number of methoxy groups -OCH3 is 2. The number of fused-ring (bicyclic) bond motifs is 1. The Morgan fingerprint density at radius 3 is 2.47 bits per heavy atom. The van der Waals surface area contributed by atoms with E-state index >= 15 is 0 Å². The molecule has 11 heteroatoms. The molecule has 1 atom stereocenters. The highest BCUT2D eigenvalue weighted by atomic mass is 32.1. The van der Waals surface area contributed by atoms with Crippen LogP contribution in [-0.2, 0) is 16.1 Å². The van der Waals surface area contributed by atoms with E-state index in [1.54, 1.807) is 68.5 Å². The Morgan fingerprint density at radius 2 is 1.76 bits per heavy atom. The van der Waals surface area contributed by atoms with Crippen LogP contribution in [0, 0.1) is 5.82 Å². The molecule has 1 aliphatic heterocycles. The molecule has 0 aliphatic carbocycles. The highest BCUT2D eigenvalue weighted by Gasteiger charge is 2.36. The molecule has 0 unspecified atom stereocenters. The van der Waals surface area contributed by atoms with E-state index in [9.17, 15) is 14.0 Å². The van der Waals surface area contributed by atoms with E-state index in [0.29, 0.717) is 61.3 Å². The fourth-order valence-corrected chi connectivity index (χ4v) is 6.17. The highest BCUT2D eigenvalue weighted by molar-refractivity contribution is 7.07. The number of allylic oxidation sites excluding steroid dienone is 1. The Morgan fingerprint density at radius 1 is 0.978 bits per heavy atom. The fourth-order valence-electron chi connectivity index (χ4n) is 5.13. The molecule has 0 radical (unpaired) electrons. The number of carbonyl (C=O) groups excluding carboxylic acids is 1. The average molecular weight is 633 g/mol. The van der Waals surface area contributed by atoms with Crippen LogP contribution in [0.25, 0.3) is 6.08 Å². The number of ether oxygens (including phenoxy) is 5. The minimum atomic E-state index is -0.868. The molecule has 0 spiro atoms. The molecule has 4 aromatic rings. The summed E-state index contributed by atoms with van der Waals surface area (Å²) in [4.78, 5) is 32.5. The zero-order valence-electron chi connectivity index (χ0n) is 25.6. The minimum Gasteiger partial charge on any atom is -0.493 e. The Balaban J connectivity index is 1.60. The average Bonchev–Trinajstić information content (AvgIpc) is 3.33. The van der Waals surface area contributed by atoms with Crippen LogP contribution in [0.15, 0.2) is 81.7 Å². The minimum absolute atomic E-state index is 0.155. The lowest BCUT2D eigenvalue weighted by molar-refractivity contribution is -0.139. The lowest BCUT2D eigenvalue weighted by Gasteiger charge is -2.26. The number of halogens is 1. The SMILES string of the molecule is CCOC(=O)C1=C(C)N=c2sc(=Cc3ccc(OCc4cccc(F)c4)c(OC)c3)c(=O)n2[C@@H]1c1cccc(OC)c1OCC. The number of carbonyl (C=O) groups is 1. The van der Waals surface area contributed by atoms with Gasteiger partial charge in [-0.15, -0.1) is 0 Å². The lowest BCUT2D eigenvalue weighted by Crippen LogP contribution is -2.40. The molecular formula is C34H33FN2O7S. The maximum Gasteiger partial charge on any atom is 0.338 e. The van der Waals surface area contributed by atoms with Crippen LogP contribution < -0.4 is 33.8 Å². The van der Waals surface area contributed by atoms with Crippen molar-refractivity contribution in [2.24, 2.45) is 4.99 Å². The number of benzene rings is 3. The molecule has 0 bridgehead atoms. The van der Waals surface area contributed by atoms with Crippen molar-refractivity contribution in [2.75, 3.05) is 27.4 Å². The van der Waals surface area contributed by atoms with Gasteiger partial charge in [0.05, 0.1) is 43.2 Å². The molecule has 234 valence electrons. The second-order valence-electron chi connectivity index (χ2n) is 9.94. The topological polar surface area (TPSA) is 97.6 Å². The number of thiazole rings is 1. The van der Waals surface area contributed by atoms with Gasteiger partial charge in [-0.05, 0) is 68.3 Å². The molecule has 0 saturated carbocycles. The molecule has 0 fully saturated rings. The van der Waals surface area contributed by atoms with Gasteiger partial charge in [0.1, 0.15) is 18.5 Å². The first-order chi connectivity index (χ1) is 21.8. The predicted octanol–water partition coefficient (Wildman–Crippen LogP) is 4.93. The van der Waals surface area contributed by atoms with Gasteiger partial charge in [0, 0.05) is 5.56 Å². The molecular weight excluding hydrogens is 599 g/mol. The van der Waals surface area contributed by atoms with Gasteiger partial charge < -0.3 is 23.7 Å². The molecule has 0 saturated heterocycles. The number of para-hydroxylation sites is 1. The van der Waals surface area contributed by atoms with Crippen molar-refractivity contribution < 1.29 is 32.9 Å². The van der Waals surface area contributed by atoms with Crippen LogP contribution in [-0.4, -0.2) is 38.0 Å². The highest BCUT2D eigenvalue weighted by Crippen LogP contribution is 2.40. The van der Waals surface area contributed by atoms with Crippen molar-refractivity contribution in [2.45, 2.75) is 33.4 Å². The van der Waals surface area contributed by atoms with Crippen molar-refractivity contribution in [1.29, 1.82) is 0 Å². The second-order valence-corrected chi connectivity index (χ2v) is 11.0. The Hall–Kier alpha value is -4.90. The third-order valence-corrected chi connectivity index (χ3v) is 8.08. The van der Waals surface area contributed by atoms with Crippen LogP contribution in [0.4, 0.5) is 4.39 Å². The summed E-state index contributed by atoms with van der Waals surface area (Å²) in [5.41, 5.74) is 2.28. The third kappa shape index (κ3) is 6.48. The van der Waals surface area contributed by atoms with Gasteiger partial charge in [0.2, 0.25) is 0 Å². The van der Waals surface area contributed by atoms with Crippen molar-refractivity contribution in [3.8, 4) is 23.0 Å². The van der Waals surface area contributed by atoms with Crippen LogP contribution in [0.2, 0.25) is 0 Å². The molecule has 5 rings (SSSR count). The molecule has 2 heterocycles. The quantitative estimate of drug-likeness (QED) is 0.216. The van der Waals surface area contributed by atoms with Gasteiger partial charge in [-0.2, -0.15) is 0 Å². The lowest BCUT2D eigenvalue weighted by atomic mass is 9.94. The predicted molar refractivity (Wildman–Crippen MR) is 168 cm³/mol.